The van der Waals surface area contributed by atoms with E-state index in [-0.39, 0.29) is 140 Å². The molecule has 0 unspecified atom stereocenters. The van der Waals surface area contributed by atoms with Crippen molar-refractivity contribution in [3.8, 4) is 22.9 Å². The number of hydrogen-bond acceptors (Lipinski definition) is 14. The molecule has 0 amide bonds. The zero-order chi connectivity index (χ0) is 37.8. The van der Waals surface area contributed by atoms with E-state index in [0.29, 0.717) is 22.8 Å². The van der Waals surface area contributed by atoms with E-state index in [4.69, 9.17) is 0 Å². The Hall–Kier alpha value is -2.95. The molecule has 56 heavy (non-hydrogen) atoms. The number of aryl methyl sites for hydroxylation is 2. The van der Waals surface area contributed by atoms with Crippen LogP contribution in [0.2, 0.25) is 0 Å². The minimum Gasteiger partial charge on any atom is -0.744 e. The number of rotatable bonds is 8. The van der Waals surface area contributed by atoms with E-state index in [0.717, 1.165) is 45.8 Å². The Morgan fingerprint density at radius 3 is 1.18 bits per heavy atom. The van der Waals surface area contributed by atoms with Gasteiger partial charge >= 0.3 is 88.7 Å². The second-order valence-corrected chi connectivity index (χ2v) is 13.3. The standard InChI is InChI=1S/2C16H14N4O5S.Cr.3Na/c2*1-10-15(16(22)20(19-10)11-5-3-2-4-6-11)18-17-13-9-12(26(23,24)25)7-8-14(13)21;;;;/h2*2-9H,1H3,(H3,17,18,19,21,22,23,24,25);;;;/q;;;3*+1/p-4. The van der Waals surface area contributed by atoms with Gasteiger partial charge in [0.05, 0.1) is 9.79 Å². The third-order valence-corrected chi connectivity index (χ3v) is 8.63. The summed E-state index contributed by atoms with van der Waals surface area (Å²) in [6.07, 6.45) is 0. The number of phenolic OH excluding ortho intramolecular Hbond substituents is 2. The Kier molecular flexibility index (Phi) is 19.8. The van der Waals surface area contributed by atoms with Crippen molar-refractivity contribution in [1.82, 2.24) is 19.6 Å². The van der Waals surface area contributed by atoms with E-state index < -0.39 is 41.1 Å². The molecule has 24 heteroatoms. The van der Waals surface area contributed by atoms with E-state index in [2.05, 4.69) is 30.7 Å². The zero-order valence-corrected chi connectivity index (χ0v) is 39.1. The molecule has 0 saturated carbocycles. The number of hydrogen-bond donors (Lipinski definition) is 2. The summed E-state index contributed by atoms with van der Waals surface area (Å²) < 4.78 is 68.7. The summed E-state index contributed by atoms with van der Waals surface area (Å²) in [4.78, 5) is 23.8. The maximum absolute atomic E-state index is 12.5. The maximum Gasteiger partial charge on any atom is 1.00 e. The summed E-state index contributed by atoms with van der Waals surface area (Å²) >= 11 is 0. The fourth-order valence-electron chi connectivity index (χ4n) is 4.40. The van der Waals surface area contributed by atoms with Crippen molar-refractivity contribution >= 4 is 43.0 Å². The van der Waals surface area contributed by atoms with Gasteiger partial charge in [-0.25, -0.2) is 16.8 Å². The maximum atomic E-state index is 12.5. The number of aromatic hydroxyl groups is 2. The Labute approximate surface area is 396 Å². The number of azo groups is 2. The summed E-state index contributed by atoms with van der Waals surface area (Å²) in [5.41, 5.74) is 0.000741. The summed E-state index contributed by atoms with van der Waals surface area (Å²) in [5.74, 6) is -0.775. The van der Waals surface area contributed by atoms with Gasteiger partial charge in [0.1, 0.15) is 54.5 Å². The molecule has 0 aliphatic heterocycles. The fourth-order valence-corrected chi connectivity index (χ4v) is 5.38. The first-order chi connectivity index (χ1) is 24.5. The second kappa shape index (κ2) is 21.7. The molecule has 0 radical (unpaired) electrons. The Morgan fingerprint density at radius 2 is 0.875 bits per heavy atom. The normalized spacial score (nSPS) is 11.1. The van der Waals surface area contributed by atoms with Crippen molar-refractivity contribution in [2.75, 3.05) is 0 Å². The van der Waals surface area contributed by atoms with Gasteiger partial charge in [-0.15, -0.1) is 31.8 Å². The average Bonchev–Trinajstić information content (AvgIpc) is 3.56. The fraction of sp³-hybridized carbons (Fsp3) is 0.0625. The summed E-state index contributed by atoms with van der Waals surface area (Å²) in [6, 6.07) is 23.1. The third kappa shape index (κ3) is 12.5. The Morgan fingerprint density at radius 1 is 0.554 bits per heavy atom. The van der Waals surface area contributed by atoms with Gasteiger partial charge < -0.3 is 38.9 Å². The van der Waals surface area contributed by atoms with Crippen LogP contribution >= 0.6 is 0 Å². The smallest absolute Gasteiger partial charge is 0.744 e. The Bertz CT molecular complexity index is 2500. The van der Waals surface area contributed by atoms with Crippen molar-refractivity contribution in [3.05, 3.63) is 129 Å². The van der Waals surface area contributed by atoms with Gasteiger partial charge in [0.2, 0.25) is 0 Å². The monoisotopic (exact) mass is 865 g/mol. The molecule has 4 aromatic carbocycles. The summed E-state index contributed by atoms with van der Waals surface area (Å²) in [6.45, 7) is 3.13. The number of aromatic nitrogens is 4. The molecule has 0 atom stereocenters. The molecule has 0 aliphatic rings. The zero-order valence-electron chi connectivity index (χ0n) is 30.2. The predicted molar refractivity (Wildman–Crippen MR) is 181 cm³/mol. The molecule has 0 bridgehead atoms. The molecule has 0 aliphatic carbocycles. The van der Waals surface area contributed by atoms with Gasteiger partial charge in [-0.1, -0.05) is 50.2 Å². The average molecular weight is 866 g/mol. The van der Waals surface area contributed by atoms with Gasteiger partial charge in [-0.05, 0) is 60.7 Å². The van der Waals surface area contributed by atoms with E-state index in [1.807, 2.05) is 0 Å². The molecule has 6 aromatic rings. The number of para-hydroxylation sites is 2. The van der Waals surface area contributed by atoms with Crippen LogP contribution in [-0.2, 0) is 37.6 Å². The van der Waals surface area contributed by atoms with Crippen LogP contribution in [0.25, 0.3) is 11.4 Å². The van der Waals surface area contributed by atoms with Gasteiger partial charge in [-0.2, -0.15) is 0 Å². The first-order valence-electron chi connectivity index (χ1n) is 14.6. The summed E-state index contributed by atoms with van der Waals surface area (Å²) in [5, 5.41) is 42.7. The largest absolute Gasteiger partial charge is 1.00 e. The van der Waals surface area contributed by atoms with E-state index in [1.54, 1.807) is 74.5 Å². The van der Waals surface area contributed by atoms with E-state index in [9.17, 15) is 45.7 Å². The molecule has 0 saturated heterocycles. The number of nitrogens with zero attached hydrogens (tertiary/aromatic N) is 8. The molecule has 18 nitrogen and oxygen atoms in total. The molecule has 274 valence electrons. The van der Waals surface area contributed by atoms with Crippen LogP contribution < -0.4 is 110 Å². The van der Waals surface area contributed by atoms with Gasteiger partial charge in [0, 0.05) is 28.7 Å². The quantitative estimate of drug-likeness (QED) is 0.0830. The van der Waals surface area contributed by atoms with Crippen LogP contribution in [0.4, 0.5) is 22.7 Å². The number of benzene rings is 4. The minimum absolute atomic E-state index is 0. The summed E-state index contributed by atoms with van der Waals surface area (Å²) in [7, 11) is -9.43. The Balaban J connectivity index is 0.000000523. The first kappa shape index (κ1) is 51.1. The SMILES string of the molecule is Cc1[n-]n(-c2ccccc2)c(=O)c1N=Nc1cc(S(=O)(=O)[O-])ccc1O.Cc1[n-]n(-c2ccccc2)c(=O)c1N=Nc1cc(S(=O)(=O)[O-])ccc1O.[Cr].[Na+].[Na+].[Na+]. The molecular formula is C32H24CrN8Na3O10S2-. The number of phenols is 2. The van der Waals surface area contributed by atoms with Crippen molar-refractivity contribution in [1.29, 1.82) is 0 Å². The van der Waals surface area contributed by atoms with Crippen LogP contribution in [0.5, 0.6) is 11.5 Å². The molecule has 6 rings (SSSR count). The minimum atomic E-state index is -4.71. The topological polar surface area (TPSA) is 276 Å². The van der Waals surface area contributed by atoms with Crippen LogP contribution in [0.3, 0.4) is 0 Å². The van der Waals surface area contributed by atoms with Crippen LogP contribution in [0.15, 0.2) is 137 Å². The van der Waals surface area contributed by atoms with Crippen molar-refractivity contribution in [3.63, 3.8) is 0 Å². The molecule has 2 heterocycles. The van der Waals surface area contributed by atoms with Crippen molar-refractivity contribution in [2.24, 2.45) is 20.5 Å². The molecular weight excluding hydrogens is 841 g/mol. The van der Waals surface area contributed by atoms with Crippen LogP contribution in [0.1, 0.15) is 11.4 Å². The molecule has 0 spiro atoms. The van der Waals surface area contributed by atoms with E-state index >= 15 is 0 Å². The first-order valence-corrected chi connectivity index (χ1v) is 17.4. The van der Waals surface area contributed by atoms with Crippen LogP contribution in [0, 0.1) is 13.8 Å². The van der Waals surface area contributed by atoms with Gasteiger partial charge in [-0.3, -0.25) is 9.59 Å². The molecule has 2 N–H and O–H groups in total. The van der Waals surface area contributed by atoms with Gasteiger partial charge in [0.15, 0.2) is 0 Å². The van der Waals surface area contributed by atoms with Crippen molar-refractivity contribution < 1.29 is 142 Å². The predicted octanol–water partition coefficient (Wildman–Crippen LogP) is -4.73. The van der Waals surface area contributed by atoms with E-state index in [1.165, 1.54) is 0 Å². The van der Waals surface area contributed by atoms with Crippen LogP contribution in [-0.4, -0.2) is 45.5 Å². The van der Waals surface area contributed by atoms with Gasteiger partial charge in [0.25, 0.3) is 11.1 Å². The molecule has 2 aromatic heterocycles. The second-order valence-electron chi connectivity index (χ2n) is 10.6. The van der Waals surface area contributed by atoms with Crippen molar-refractivity contribution in [2.45, 2.75) is 23.6 Å². The third-order valence-electron chi connectivity index (χ3n) is 6.96. The molecule has 0 fully saturated rings.